The fourth-order valence-electron chi connectivity index (χ4n) is 1.18. The number of amides is 1. The van der Waals surface area contributed by atoms with Gasteiger partial charge in [0.05, 0.1) is 12.6 Å². The molecular weight excluding hydrogens is 194 g/mol. The van der Waals surface area contributed by atoms with E-state index < -0.39 is 6.04 Å². The molecule has 0 aromatic carbocycles. The summed E-state index contributed by atoms with van der Waals surface area (Å²) in [6, 6.07) is 1.27. The maximum atomic E-state index is 11.8. The van der Waals surface area contributed by atoms with Gasteiger partial charge in [0.2, 0.25) is 5.91 Å². The molecular formula is C10H17N3O2. The molecule has 0 radical (unpaired) electrons. The molecule has 5 heteroatoms. The quantitative estimate of drug-likeness (QED) is 0.792. The highest BCUT2D eigenvalue weighted by Crippen LogP contribution is 2.05. The summed E-state index contributed by atoms with van der Waals surface area (Å²) in [4.78, 5) is 13.3. The van der Waals surface area contributed by atoms with Gasteiger partial charge in [-0.2, -0.15) is 0 Å². The average molecular weight is 211 g/mol. The molecule has 84 valence electrons. The van der Waals surface area contributed by atoms with Crippen molar-refractivity contribution in [3.05, 3.63) is 18.0 Å². The Bertz CT molecular complexity index is 308. The van der Waals surface area contributed by atoms with Gasteiger partial charge in [-0.1, -0.05) is 19.0 Å². The first-order chi connectivity index (χ1) is 7.02. The first-order valence-electron chi connectivity index (χ1n) is 4.92. The fraction of sp³-hybridized carbons (Fsp3) is 0.600. The Balaban J connectivity index is 2.54. The summed E-state index contributed by atoms with van der Waals surface area (Å²) < 4.78 is 4.68. The summed E-state index contributed by atoms with van der Waals surface area (Å²) in [5.74, 6) is 0.0604. The maximum absolute atomic E-state index is 11.8. The summed E-state index contributed by atoms with van der Waals surface area (Å²) in [5.41, 5.74) is 6.48. The molecule has 0 spiro atoms. The molecule has 2 N–H and O–H groups in total. The lowest BCUT2D eigenvalue weighted by Crippen LogP contribution is -2.44. The van der Waals surface area contributed by atoms with Crippen LogP contribution < -0.4 is 5.73 Å². The van der Waals surface area contributed by atoms with Crippen molar-refractivity contribution in [2.45, 2.75) is 26.4 Å². The highest BCUT2D eigenvalue weighted by Gasteiger charge is 2.21. The van der Waals surface area contributed by atoms with E-state index in [1.165, 1.54) is 6.26 Å². The zero-order valence-corrected chi connectivity index (χ0v) is 9.30. The van der Waals surface area contributed by atoms with Crippen molar-refractivity contribution >= 4 is 5.91 Å². The Morgan fingerprint density at radius 3 is 2.80 bits per heavy atom. The fourth-order valence-corrected chi connectivity index (χ4v) is 1.18. The number of rotatable bonds is 4. The van der Waals surface area contributed by atoms with Crippen LogP contribution in [0.4, 0.5) is 0 Å². The molecule has 0 bridgehead atoms. The number of hydrogen-bond donors (Lipinski definition) is 1. The van der Waals surface area contributed by atoms with Gasteiger partial charge in [-0.3, -0.25) is 4.79 Å². The standard InChI is InChI=1S/C10H17N3O2/c1-7(2)9(11)10(14)13(3)6-8-4-5-15-12-8/h4-5,7,9H,6,11H2,1-3H3/t9-/m1/s1. The number of nitrogens with zero attached hydrogens (tertiary/aromatic N) is 2. The van der Waals surface area contributed by atoms with Crippen LogP contribution in [0.15, 0.2) is 16.9 Å². The Kier molecular flexibility index (Phi) is 3.85. The summed E-state index contributed by atoms with van der Waals surface area (Å²) in [7, 11) is 1.71. The molecule has 0 aliphatic rings. The second-order valence-electron chi connectivity index (χ2n) is 3.95. The Morgan fingerprint density at radius 2 is 2.33 bits per heavy atom. The monoisotopic (exact) mass is 211 g/mol. The van der Waals surface area contributed by atoms with Gasteiger partial charge in [-0.15, -0.1) is 0 Å². The van der Waals surface area contributed by atoms with Crippen molar-refractivity contribution in [1.29, 1.82) is 0 Å². The highest BCUT2D eigenvalue weighted by molar-refractivity contribution is 5.81. The van der Waals surface area contributed by atoms with Crippen molar-refractivity contribution < 1.29 is 9.32 Å². The average Bonchev–Trinajstić information content (AvgIpc) is 2.67. The van der Waals surface area contributed by atoms with Crippen LogP contribution in [0.25, 0.3) is 0 Å². The van der Waals surface area contributed by atoms with Gasteiger partial charge in [-0.25, -0.2) is 0 Å². The van der Waals surface area contributed by atoms with Gasteiger partial charge < -0.3 is 15.2 Å². The van der Waals surface area contributed by atoms with Crippen LogP contribution in [-0.4, -0.2) is 29.1 Å². The van der Waals surface area contributed by atoms with E-state index >= 15 is 0 Å². The summed E-state index contributed by atoms with van der Waals surface area (Å²) >= 11 is 0. The number of carbonyl (C=O) groups is 1. The summed E-state index contributed by atoms with van der Waals surface area (Å²) in [6.07, 6.45) is 1.48. The Hall–Kier alpha value is -1.36. The molecule has 1 heterocycles. The summed E-state index contributed by atoms with van der Waals surface area (Å²) in [6.45, 7) is 4.27. The van der Waals surface area contributed by atoms with E-state index in [1.807, 2.05) is 13.8 Å². The highest BCUT2D eigenvalue weighted by atomic mass is 16.5. The van der Waals surface area contributed by atoms with Crippen LogP contribution in [0, 0.1) is 5.92 Å². The third kappa shape index (κ3) is 3.06. The predicted octanol–water partition coefficient (Wildman–Crippen LogP) is 0.616. The molecule has 0 saturated heterocycles. The van der Waals surface area contributed by atoms with Crippen molar-refractivity contribution in [2.24, 2.45) is 11.7 Å². The van der Waals surface area contributed by atoms with E-state index in [1.54, 1.807) is 18.0 Å². The molecule has 1 aromatic heterocycles. The normalized spacial score (nSPS) is 12.9. The topological polar surface area (TPSA) is 72.4 Å². The smallest absolute Gasteiger partial charge is 0.239 e. The number of nitrogens with two attached hydrogens (primary N) is 1. The zero-order chi connectivity index (χ0) is 11.4. The third-order valence-electron chi connectivity index (χ3n) is 2.27. The van der Waals surface area contributed by atoms with Gasteiger partial charge in [-0.05, 0) is 5.92 Å². The molecule has 1 aromatic rings. The van der Waals surface area contributed by atoms with E-state index in [0.29, 0.717) is 6.54 Å². The van der Waals surface area contributed by atoms with Crippen molar-refractivity contribution in [3.63, 3.8) is 0 Å². The molecule has 0 saturated carbocycles. The van der Waals surface area contributed by atoms with Crippen LogP contribution in [0.2, 0.25) is 0 Å². The van der Waals surface area contributed by atoms with Crippen molar-refractivity contribution in [2.75, 3.05) is 7.05 Å². The van der Waals surface area contributed by atoms with E-state index in [4.69, 9.17) is 5.73 Å². The zero-order valence-electron chi connectivity index (χ0n) is 9.30. The Morgan fingerprint density at radius 1 is 1.67 bits per heavy atom. The molecule has 0 unspecified atom stereocenters. The molecule has 1 amide bonds. The summed E-state index contributed by atoms with van der Waals surface area (Å²) in [5, 5.41) is 3.73. The molecule has 0 fully saturated rings. The van der Waals surface area contributed by atoms with Gasteiger partial charge in [0.1, 0.15) is 12.0 Å². The van der Waals surface area contributed by atoms with Gasteiger partial charge in [0, 0.05) is 13.1 Å². The molecule has 5 nitrogen and oxygen atoms in total. The SMILES string of the molecule is CC(C)[C@@H](N)C(=O)N(C)Cc1ccon1. The first kappa shape index (κ1) is 11.7. The van der Waals surface area contributed by atoms with Crippen LogP contribution in [-0.2, 0) is 11.3 Å². The third-order valence-corrected chi connectivity index (χ3v) is 2.27. The molecule has 1 rings (SSSR count). The number of aromatic nitrogens is 1. The first-order valence-corrected chi connectivity index (χ1v) is 4.92. The van der Waals surface area contributed by atoms with Gasteiger partial charge in [0.15, 0.2) is 0 Å². The minimum Gasteiger partial charge on any atom is -0.364 e. The minimum absolute atomic E-state index is 0.0759. The van der Waals surface area contributed by atoms with Crippen molar-refractivity contribution in [1.82, 2.24) is 10.1 Å². The van der Waals surface area contributed by atoms with Crippen molar-refractivity contribution in [3.8, 4) is 0 Å². The molecule has 1 atom stereocenters. The Labute approximate surface area is 89.2 Å². The number of carbonyl (C=O) groups excluding carboxylic acids is 1. The predicted molar refractivity (Wildman–Crippen MR) is 55.8 cm³/mol. The van der Waals surface area contributed by atoms with Crippen LogP contribution >= 0.6 is 0 Å². The van der Waals surface area contributed by atoms with Crippen LogP contribution in [0.5, 0.6) is 0 Å². The largest absolute Gasteiger partial charge is 0.364 e. The van der Waals surface area contributed by atoms with Crippen LogP contribution in [0.1, 0.15) is 19.5 Å². The molecule has 0 aliphatic heterocycles. The van der Waals surface area contributed by atoms with E-state index in [-0.39, 0.29) is 11.8 Å². The molecule has 15 heavy (non-hydrogen) atoms. The second kappa shape index (κ2) is 4.93. The van der Waals surface area contributed by atoms with Gasteiger partial charge in [0.25, 0.3) is 0 Å². The number of likely N-dealkylation sites (N-methyl/N-ethyl adjacent to an activating group) is 1. The second-order valence-corrected chi connectivity index (χ2v) is 3.95. The van der Waals surface area contributed by atoms with E-state index in [9.17, 15) is 4.79 Å². The van der Waals surface area contributed by atoms with Crippen LogP contribution in [0.3, 0.4) is 0 Å². The molecule has 0 aliphatic carbocycles. The lowest BCUT2D eigenvalue weighted by Gasteiger charge is -2.22. The maximum Gasteiger partial charge on any atom is 0.239 e. The lowest BCUT2D eigenvalue weighted by molar-refractivity contribution is -0.132. The lowest BCUT2D eigenvalue weighted by atomic mass is 10.0. The van der Waals surface area contributed by atoms with E-state index in [0.717, 1.165) is 5.69 Å². The minimum atomic E-state index is -0.457. The number of hydrogen-bond acceptors (Lipinski definition) is 4. The van der Waals surface area contributed by atoms with E-state index in [2.05, 4.69) is 9.68 Å². The van der Waals surface area contributed by atoms with Gasteiger partial charge >= 0.3 is 0 Å².